The molecule has 0 aliphatic carbocycles. The van der Waals surface area contributed by atoms with Crippen LogP contribution < -0.4 is 20.5 Å². The van der Waals surface area contributed by atoms with Crippen LogP contribution in [0, 0.1) is 13.8 Å². The van der Waals surface area contributed by atoms with E-state index < -0.39 is 0 Å². The Bertz CT molecular complexity index is 1300. The fraction of sp³-hybridized carbons (Fsp3) is 0.211. The average Bonchev–Trinajstić information content (AvgIpc) is 3.44. The molecule has 0 unspecified atom stereocenters. The Labute approximate surface area is 174 Å². The van der Waals surface area contributed by atoms with Gasteiger partial charge in [-0.2, -0.15) is 9.50 Å². The van der Waals surface area contributed by atoms with Gasteiger partial charge in [-0.1, -0.05) is 0 Å². The number of hydrogen-bond acceptors (Lipinski definition) is 9. The first-order valence-electron chi connectivity index (χ1n) is 9.11. The minimum absolute atomic E-state index is 0.138. The molecule has 1 aromatic carbocycles. The lowest BCUT2D eigenvalue weighted by molar-refractivity contribution is -0.115. The van der Waals surface area contributed by atoms with Gasteiger partial charge in [-0.3, -0.25) is 4.79 Å². The van der Waals surface area contributed by atoms with Crippen LogP contribution in [-0.2, 0) is 11.2 Å². The Hall–Kier alpha value is -3.73. The summed E-state index contributed by atoms with van der Waals surface area (Å²) >= 11 is 1.36. The van der Waals surface area contributed by atoms with Crippen LogP contribution >= 0.6 is 11.3 Å². The third-order valence-electron chi connectivity index (χ3n) is 4.82. The Morgan fingerprint density at radius 1 is 1.23 bits per heavy atom. The molecule has 0 bridgehead atoms. The van der Waals surface area contributed by atoms with Crippen molar-refractivity contribution in [1.82, 2.24) is 24.6 Å². The van der Waals surface area contributed by atoms with Crippen LogP contribution in [0.3, 0.4) is 0 Å². The van der Waals surface area contributed by atoms with Crippen LogP contribution in [0.2, 0.25) is 0 Å². The minimum Gasteiger partial charge on any atom is -0.454 e. The van der Waals surface area contributed by atoms with E-state index in [2.05, 4.69) is 25.4 Å². The van der Waals surface area contributed by atoms with Gasteiger partial charge >= 0.3 is 0 Å². The molecule has 1 amide bonds. The van der Waals surface area contributed by atoms with Crippen LogP contribution in [0.4, 0.5) is 11.1 Å². The number of benzene rings is 1. The molecule has 1 aliphatic rings. The van der Waals surface area contributed by atoms with E-state index in [1.54, 1.807) is 4.52 Å². The monoisotopic (exact) mass is 423 g/mol. The molecule has 3 N–H and O–H groups in total. The maximum Gasteiger partial charge on any atom is 0.254 e. The Balaban J connectivity index is 1.34. The number of anilines is 2. The molecule has 152 valence electrons. The van der Waals surface area contributed by atoms with Crippen molar-refractivity contribution >= 4 is 34.1 Å². The first-order chi connectivity index (χ1) is 14.5. The van der Waals surface area contributed by atoms with Crippen LogP contribution in [0.25, 0.3) is 17.0 Å². The van der Waals surface area contributed by atoms with Crippen LogP contribution in [0.15, 0.2) is 23.6 Å². The molecule has 11 heteroatoms. The predicted molar refractivity (Wildman–Crippen MR) is 111 cm³/mol. The molecular formula is C19H17N7O3S. The number of amides is 1. The highest BCUT2D eigenvalue weighted by Crippen LogP contribution is 2.36. The maximum absolute atomic E-state index is 12.6. The summed E-state index contributed by atoms with van der Waals surface area (Å²) in [4.78, 5) is 25.6. The van der Waals surface area contributed by atoms with Crippen molar-refractivity contribution in [2.24, 2.45) is 0 Å². The molecule has 5 rings (SSSR count). The first kappa shape index (κ1) is 18.3. The quantitative estimate of drug-likeness (QED) is 0.512. The SMILES string of the molecule is Cc1nc2nc(N)nn2c(C)c1CC(=O)Nc1nc(-c2ccc3c(c2)OCO3)cs1. The van der Waals surface area contributed by atoms with Gasteiger partial charge in [-0.05, 0) is 32.0 Å². The minimum atomic E-state index is -0.193. The van der Waals surface area contributed by atoms with Crippen molar-refractivity contribution in [3.05, 3.63) is 40.5 Å². The zero-order valence-electron chi connectivity index (χ0n) is 16.2. The summed E-state index contributed by atoms with van der Waals surface area (Å²) in [6.07, 6.45) is 0.138. The molecule has 4 aromatic rings. The van der Waals surface area contributed by atoms with Gasteiger partial charge < -0.3 is 20.5 Å². The van der Waals surface area contributed by atoms with Crippen molar-refractivity contribution in [2.75, 3.05) is 17.8 Å². The second-order valence-corrected chi connectivity index (χ2v) is 7.63. The van der Waals surface area contributed by atoms with E-state index in [1.165, 1.54) is 11.3 Å². The Morgan fingerprint density at radius 2 is 2.07 bits per heavy atom. The summed E-state index contributed by atoms with van der Waals surface area (Å²) in [6, 6.07) is 5.63. The molecular weight excluding hydrogens is 406 g/mol. The van der Waals surface area contributed by atoms with E-state index in [0.717, 1.165) is 22.5 Å². The van der Waals surface area contributed by atoms with Gasteiger partial charge in [0.15, 0.2) is 16.6 Å². The van der Waals surface area contributed by atoms with Crippen molar-refractivity contribution in [3.63, 3.8) is 0 Å². The number of fused-ring (bicyclic) bond motifs is 2. The number of ether oxygens (including phenoxy) is 2. The van der Waals surface area contributed by atoms with Gasteiger partial charge in [0.05, 0.1) is 12.1 Å². The van der Waals surface area contributed by atoms with Gasteiger partial charge in [-0.15, -0.1) is 16.4 Å². The first-order valence-corrected chi connectivity index (χ1v) is 9.99. The number of nitrogens with one attached hydrogen (secondary N) is 1. The second kappa shape index (κ2) is 6.95. The van der Waals surface area contributed by atoms with Crippen LogP contribution in [-0.4, -0.2) is 37.3 Å². The van der Waals surface area contributed by atoms with Gasteiger partial charge in [0.1, 0.15) is 0 Å². The van der Waals surface area contributed by atoms with Crippen LogP contribution in [0.5, 0.6) is 11.5 Å². The number of carbonyl (C=O) groups is 1. The molecule has 0 radical (unpaired) electrons. The van der Waals surface area contributed by atoms with Crippen molar-refractivity contribution < 1.29 is 14.3 Å². The van der Waals surface area contributed by atoms with Crippen molar-refractivity contribution in [3.8, 4) is 22.8 Å². The average molecular weight is 423 g/mol. The second-order valence-electron chi connectivity index (χ2n) is 6.77. The maximum atomic E-state index is 12.6. The largest absolute Gasteiger partial charge is 0.454 e. The molecule has 0 saturated carbocycles. The number of aryl methyl sites for hydroxylation is 2. The molecule has 1 aliphatic heterocycles. The van der Waals surface area contributed by atoms with Gasteiger partial charge in [0.2, 0.25) is 18.6 Å². The Kier molecular flexibility index (Phi) is 4.24. The lowest BCUT2D eigenvalue weighted by atomic mass is 10.1. The molecule has 3 aromatic heterocycles. The molecule has 4 heterocycles. The predicted octanol–water partition coefficient (Wildman–Crippen LogP) is 2.36. The normalized spacial score (nSPS) is 12.5. The summed E-state index contributed by atoms with van der Waals surface area (Å²) in [5.74, 6) is 1.77. The van der Waals surface area contributed by atoms with E-state index in [1.807, 2.05) is 37.4 Å². The van der Waals surface area contributed by atoms with Gasteiger partial charge in [0.25, 0.3) is 5.78 Å². The number of thiazole rings is 1. The molecule has 30 heavy (non-hydrogen) atoms. The highest BCUT2D eigenvalue weighted by molar-refractivity contribution is 7.14. The summed E-state index contributed by atoms with van der Waals surface area (Å²) in [5, 5.41) is 9.38. The van der Waals surface area contributed by atoms with E-state index in [4.69, 9.17) is 15.2 Å². The summed E-state index contributed by atoms with van der Waals surface area (Å²) in [5.41, 5.74) is 9.56. The van der Waals surface area contributed by atoms with E-state index in [-0.39, 0.29) is 25.1 Å². The fourth-order valence-electron chi connectivity index (χ4n) is 3.32. The zero-order valence-corrected chi connectivity index (χ0v) is 17.0. The molecule has 0 atom stereocenters. The smallest absolute Gasteiger partial charge is 0.254 e. The highest BCUT2D eigenvalue weighted by Gasteiger charge is 2.18. The summed E-state index contributed by atoms with van der Waals surface area (Å²) in [6.45, 7) is 3.92. The number of hydrogen-bond donors (Lipinski definition) is 2. The Morgan fingerprint density at radius 3 is 2.93 bits per heavy atom. The third-order valence-corrected chi connectivity index (χ3v) is 5.58. The number of aromatic nitrogens is 5. The third kappa shape index (κ3) is 3.18. The van der Waals surface area contributed by atoms with E-state index >= 15 is 0 Å². The van der Waals surface area contributed by atoms with E-state index in [0.29, 0.717) is 28.1 Å². The van der Waals surface area contributed by atoms with Gasteiger partial charge in [-0.25, -0.2) is 9.97 Å². The fourth-order valence-corrected chi connectivity index (χ4v) is 4.06. The van der Waals surface area contributed by atoms with E-state index in [9.17, 15) is 4.79 Å². The number of nitrogens with zero attached hydrogens (tertiary/aromatic N) is 5. The molecule has 0 fully saturated rings. The summed E-state index contributed by atoms with van der Waals surface area (Å²) in [7, 11) is 0. The molecule has 0 saturated heterocycles. The molecule has 10 nitrogen and oxygen atoms in total. The standard InChI is InChI=1S/C19H17N7O3S/c1-9-12(10(2)26-18(21-9)24-17(20)25-26)6-16(27)23-19-22-13(7-30-19)11-3-4-14-15(5-11)29-8-28-14/h3-5,7H,6,8H2,1-2H3,(H2,20,25)(H,22,23,27). The van der Waals surface area contributed by atoms with Crippen molar-refractivity contribution in [1.29, 1.82) is 0 Å². The number of nitrogen functional groups attached to an aromatic ring is 1. The lowest BCUT2D eigenvalue weighted by Gasteiger charge is -2.09. The van der Waals surface area contributed by atoms with Gasteiger partial charge in [0, 0.05) is 27.9 Å². The van der Waals surface area contributed by atoms with Crippen molar-refractivity contribution in [2.45, 2.75) is 20.3 Å². The summed E-state index contributed by atoms with van der Waals surface area (Å²) < 4.78 is 12.3. The number of nitrogens with two attached hydrogens (primary N) is 1. The lowest BCUT2D eigenvalue weighted by Crippen LogP contribution is -2.17. The number of rotatable bonds is 4. The zero-order chi connectivity index (χ0) is 20.8. The van der Waals surface area contributed by atoms with Crippen LogP contribution in [0.1, 0.15) is 17.0 Å². The highest BCUT2D eigenvalue weighted by atomic mass is 32.1. The topological polar surface area (TPSA) is 130 Å². The number of carbonyl (C=O) groups excluding carboxylic acids is 1. The molecule has 0 spiro atoms.